The fourth-order valence-electron chi connectivity index (χ4n) is 2.02. The molecule has 1 amide bonds. The normalized spacial score (nSPS) is 10.9. The number of nitriles is 1. The van der Waals surface area contributed by atoms with Crippen LogP contribution < -0.4 is 15.2 Å². The third-order valence-electron chi connectivity index (χ3n) is 3.25. The second kappa shape index (κ2) is 8.56. The molecule has 2 N–H and O–H groups in total. The molecule has 0 bridgehead atoms. The molecule has 2 rings (SSSR count). The fraction of sp³-hybridized carbons (Fsp3) is 0.111. The molecule has 2 aromatic carbocycles. The predicted molar refractivity (Wildman–Crippen MR) is 99.3 cm³/mol. The summed E-state index contributed by atoms with van der Waals surface area (Å²) in [6, 6.07) is 12.4. The number of rotatable bonds is 6. The third-order valence-corrected chi connectivity index (χ3v) is 4.09. The molecule has 0 heterocycles. The van der Waals surface area contributed by atoms with Crippen LogP contribution in [0.2, 0.25) is 5.02 Å². The van der Waals surface area contributed by atoms with Crippen LogP contribution in [0.15, 0.2) is 46.4 Å². The Bertz CT molecular complexity index is 858. The first-order valence-electron chi connectivity index (χ1n) is 7.11. The Labute approximate surface area is 158 Å². The summed E-state index contributed by atoms with van der Waals surface area (Å²) in [7, 11) is 1.50. The number of ether oxygens (including phenoxy) is 2. The maximum atomic E-state index is 11.2. The standard InChI is InChI=1S/C18H14BrClN2O3/c1-24-16-8-12(6-13(9-21)18(22)23)7-15(19)17(16)25-10-11-2-4-14(20)5-3-11/h2-8H,10H2,1H3,(H2,22,23). The summed E-state index contributed by atoms with van der Waals surface area (Å²) in [6.07, 6.45) is 1.39. The minimum atomic E-state index is -0.791. The van der Waals surface area contributed by atoms with Crippen molar-refractivity contribution in [2.45, 2.75) is 6.61 Å². The minimum absolute atomic E-state index is 0.149. The highest BCUT2D eigenvalue weighted by Gasteiger charge is 2.13. The Balaban J connectivity index is 2.29. The van der Waals surface area contributed by atoms with Gasteiger partial charge in [0.1, 0.15) is 18.2 Å². The molecule has 0 aliphatic carbocycles. The van der Waals surface area contributed by atoms with Gasteiger partial charge in [-0.1, -0.05) is 23.7 Å². The number of nitrogens with zero attached hydrogens (tertiary/aromatic N) is 1. The highest BCUT2D eigenvalue weighted by molar-refractivity contribution is 9.10. The molecular weight excluding hydrogens is 408 g/mol. The number of nitrogens with two attached hydrogens (primary N) is 1. The summed E-state index contributed by atoms with van der Waals surface area (Å²) in [4.78, 5) is 11.2. The molecule has 0 radical (unpaired) electrons. The monoisotopic (exact) mass is 420 g/mol. The number of benzene rings is 2. The Morgan fingerprint density at radius 1 is 1.36 bits per heavy atom. The van der Waals surface area contributed by atoms with Crippen LogP contribution in [-0.2, 0) is 11.4 Å². The lowest BCUT2D eigenvalue weighted by Gasteiger charge is -2.14. The molecule has 7 heteroatoms. The Morgan fingerprint density at radius 2 is 2.04 bits per heavy atom. The summed E-state index contributed by atoms with van der Waals surface area (Å²) >= 11 is 9.28. The van der Waals surface area contributed by atoms with Crippen molar-refractivity contribution in [3.63, 3.8) is 0 Å². The molecule has 0 aliphatic rings. The van der Waals surface area contributed by atoms with Gasteiger partial charge in [0.05, 0.1) is 11.6 Å². The van der Waals surface area contributed by atoms with Crippen molar-refractivity contribution in [1.29, 1.82) is 5.26 Å². The van der Waals surface area contributed by atoms with Gasteiger partial charge in [-0.3, -0.25) is 4.79 Å². The van der Waals surface area contributed by atoms with Crippen LogP contribution in [0.4, 0.5) is 0 Å². The zero-order valence-electron chi connectivity index (χ0n) is 13.3. The molecule has 0 fully saturated rings. The van der Waals surface area contributed by atoms with Crippen LogP contribution >= 0.6 is 27.5 Å². The van der Waals surface area contributed by atoms with Gasteiger partial charge in [0.2, 0.25) is 0 Å². The minimum Gasteiger partial charge on any atom is -0.493 e. The van der Waals surface area contributed by atoms with E-state index in [0.717, 1.165) is 5.56 Å². The van der Waals surface area contributed by atoms with Gasteiger partial charge in [-0.05, 0) is 57.4 Å². The lowest BCUT2D eigenvalue weighted by molar-refractivity contribution is -0.114. The van der Waals surface area contributed by atoms with Crippen LogP contribution in [0.5, 0.6) is 11.5 Å². The van der Waals surface area contributed by atoms with Crippen LogP contribution in [0.3, 0.4) is 0 Å². The van der Waals surface area contributed by atoms with E-state index in [-0.39, 0.29) is 5.57 Å². The molecule has 0 atom stereocenters. The third kappa shape index (κ3) is 4.99. The van der Waals surface area contributed by atoms with Gasteiger partial charge in [0.15, 0.2) is 11.5 Å². The van der Waals surface area contributed by atoms with Gasteiger partial charge < -0.3 is 15.2 Å². The second-order valence-electron chi connectivity index (χ2n) is 4.98. The first kappa shape index (κ1) is 18.8. The Kier molecular flexibility index (Phi) is 6.45. The zero-order valence-corrected chi connectivity index (χ0v) is 15.6. The molecule has 0 aromatic heterocycles. The molecule has 0 spiro atoms. The highest BCUT2D eigenvalue weighted by Crippen LogP contribution is 2.37. The maximum Gasteiger partial charge on any atom is 0.259 e. The topological polar surface area (TPSA) is 85.3 Å². The number of hydrogen-bond acceptors (Lipinski definition) is 4. The van der Waals surface area contributed by atoms with Crippen molar-refractivity contribution in [1.82, 2.24) is 0 Å². The van der Waals surface area contributed by atoms with Crippen LogP contribution in [0.1, 0.15) is 11.1 Å². The number of primary amides is 1. The van der Waals surface area contributed by atoms with E-state index < -0.39 is 5.91 Å². The van der Waals surface area contributed by atoms with E-state index in [1.165, 1.54) is 13.2 Å². The summed E-state index contributed by atoms with van der Waals surface area (Å²) in [5.41, 5.74) is 6.53. The molecule has 25 heavy (non-hydrogen) atoms. The van der Waals surface area contributed by atoms with Crippen molar-refractivity contribution >= 4 is 39.5 Å². The van der Waals surface area contributed by atoms with Gasteiger partial charge in [0.25, 0.3) is 5.91 Å². The molecular formula is C18H14BrClN2O3. The summed E-state index contributed by atoms with van der Waals surface area (Å²) < 4.78 is 11.8. The molecule has 0 saturated carbocycles. The number of halogens is 2. The lowest BCUT2D eigenvalue weighted by atomic mass is 10.1. The average molecular weight is 422 g/mol. The molecule has 0 aliphatic heterocycles. The van der Waals surface area contributed by atoms with Crippen LogP contribution in [0.25, 0.3) is 6.08 Å². The summed E-state index contributed by atoms with van der Waals surface area (Å²) in [5.74, 6) is 0.171. The van der Waals surface area contributed by atoms with Crippen LogP contribution in [-0.4, -0.2) is 13.0 Å². The van der Waals surface area contributed by atoms with E-state index >= 15 is 0 Å². The van der Waals surface area contributed by atoms with Crippen molar-refractivity contribution < 1.29 is 14.3 Å². The first-order valence-corrected chi connectivity index (χ1v) is 8.28. The van der Waals surface area contributed by atoms with E-state index in [1.54, 1.807) is 30.3 Å². The number of methoxy groups -OCH3 is 1. The van der Waals surface area contributed by atoms with E-state index in [2.05, 4.69) is 15.9 Å². The number of hydrogen-bond donors (Lipinski definition) is 1. The Morgan fingerprint density at radius 3 is 2.60 bits per heavy atom. The van der Waals surface area contributed by atoms with Gasteiger partial charge in [-0.2, -0.15) is 5.26 Å². The predicted octanol–water partition coefficient (Wildman–Crippen LogP) is 4.08. The SMILES string of the molecule is COc1cc(C=C(C#N)C(N)=O)cc(Br)c1OCc1ccc(Cl)cc1. The van der Waals surface area contributed by atoms with Gasteiger partial charge in [-0.25, -0.2) is 0 Å². The van der Waals surface area contributed by atoms with E-state index in [9.17, 15) is 4.79 Å². The van der Waals surface area contributed by atoms with Crippen molar-refractivity contribution in [2.75, 3.05) is 7.11 Å². The largest absolute Gasteiger partial charge is 0.493 e. The number of carbonyl (C=O) groups is 1. The lowest BCUT2D eigenvalue weighted by Crippen LogP contribution is -2.12. The maximum absolute atomic E-state index is 11.2. The fourth-order valence-corrected chi connectivity index (χ4v) is 2.72. The van der Waals surface area contributed by atoms with Gasteiger partial charge in [-0.15, -0.1) is 0 Å². The molecule has 0 unspecified atom stereocenters. The highest BCUT2D eigenvalue weighted by atomic mass is 79.9. The van der Waals surface area contributed by atoms with E-state index in [1.807, 2.05) is 12.1 Å². The second-order valence-corrected chi connectivity index (χ2v) is 6.27. The zero-order chi connectivity index (χ0) is 18.4. The Hall–Kier alpha value is -2.49. The molecule has 5 nitrogen and oxygen atoms in total. The van der Waals surface area contributed by atoms with E-state index in [4.69, 9.17) is 32.1 Å². The summed E-state index contributed by atoms with van der Waals surface area (Å²) in [5, 5.41) is 9.60. The molecule has 0 saturated heterocycles. The van der Waals surface area contributed by atoms with Gasteiger partial charge in [0, 0.05) is 5.02 Å². The molecule has 128 valence electrons. The average Bonchev–Trinajstić information content (AvgIpc) is 2.59. The van der Waals surface area contributed by atoms with Crippen LogP contribution in [0, 0.1) is 11.3 Å². The van der Waals surface area contributed by atoms with Crippen molar-refractivity contribution in [3.05, 3.63) is 62.6 Å². The summed E-state index contributed by atoms with van der Waals surface area (Å²) in [6.45, 7) is 0.325. The van der Waals surface area contributed by atoms with E-state index in [0.29, 0.717) is 33.2 Å². The smallest absolute Gasteiger partial charge is 0.259 e. The van der Waals surface area contributed by atoms with Crippen molar-refractivity contribution in [3.8, 4) is 17.6 Å². The number of carbonyl (C=O) groups excluding carboxylic acids is 1. The van der Waals surface area contributed by atoms with Crippen molar-refractivity contribution in [2.24, 2.45) is 5.73 Å². The molecule has 2 aromatic rings. The number of amides is 1. The quantitative estimate of drug-likeness (QED) is 0.562. The first-order chi connectivity index (χ1) is 11.9. The van der Waals surface area contributed by atoms with Gasteiger partial charge >= 0.3 is 0 Å².